The zero-order chi connectivity index (χ0) is 16.6. The Morgan fingerprint density at radius 3 is 2.67 bits per heavy atom. The molecule has 0 fully saturated rings. The van der Waals surface area contributed by atoms with Crippen LogP contribution in [0.4, 0.5) is 11.4 Å². The third-order valence-electron chi connectivity index (χ3n) is 4.11. The van der Waals surface area contributed by atoms with Gasteiger partial charge >= 0.3 is 0 Å². The van der Waals surface area contributed by atoms with E-state index in [1.807, 2.05) is 24.3 Å². The quantitative estimate of drug-likeness (QED) is 0.905. The third-order valence-corrected chi connectivity index (χ3v) is 5.92. The normalized spacial score (nSPS) is 16.8. The van der Waals surface area contributed by atoms with Crippen molar-refractivity contribution >= 4 is 21.4 Å². The van der Waals surface area contributed by atoms with Crippen LogP contribution in [0.1, 0.15) is 6.42 Å². The van der Waals surface area contributed by atoms with Crippen LogP contribution < -0.4 is 19.1 Å². The van der Waals surface area contributed by atoms with Crippen LogP contribution in [0.2, 0.25) is 0 Å². The Kier molecular flexibility index (Phi) is 3.72. The average Bonchev–Trinajstić information content (AvgIpc) is 2.86. The van der Waals surface area contributed by atoms with Crippen molar-refractivity contribution in [3.05, 3.63) is 42.5 Å². The predicted molar refractivity (Wildman–Crippen MR) is 91.5 cm³/mol. The maximum atomic E-state index is 13.1. The van der Waals surface area contributed by atoms with Crippen molar-refractivity contribution in [2.24, 2.45) is 0 Å². The molecule has 2 heterocycles. The molecule has 0 saturated heterocycles. The molecule has 2 aromatic carbocycles. The molecule has 0 aliphatic carbocycles. The molecule has 126 valence electrons. The molecule has 0 unspecified atom stereocenters. The second-order valence-electron chi connectivity index (χ2n) is 5.68. The number of nitrogens with one attached hydrogen (secondary N) is 1. The van der Waals surface area contributed by atoms with Crippen LogP contribution >= 0.6 is 0 Å². The van der Waals surface area contributed by atoms with E-state index >= 15 is 0 Å². The van der Waals surface area contributed by atoms with Gasteiger partial charge < -0.3 is 14.8 Å². The molecule has 0 radical (unpaired) electrons. The summed E-state index contributed by atoms with van der Waals surface area (Å²) in [5.74, 6) is 1.07. The van der Waals surface area contributed by atoms with Gasteiger partial charge in [0.05, 0.1) is 36.0 Å². The lowest BCUT2D eigenvalue weighted by Crippen LogP contribution is -2.38. The largest absolute Gasteiger partial charge is 0.490 e. The van der Waals surface area contributed by atoms with E-state index in [-0.39, 0.29) is 4.90 Å². The first kappa shape index (κ1) is 15.1. The van der Waals surface area contributed by atoms with E-state index in [1.165, 1.54) is 4.31 Å². The van der Waals surface area contributed by atoms with Gasteiger partial charge in [0.25, 0.3) is 10.0 Å². The van der Waals surface area contributed by atoms with Crippen LogP contribution in [-0.4, -0.2) is 34.7 Å². The van der Waals surface area contributed by atoms with E-state index in [0.29, 0.717) is 43.5 Å². The Hall–Kier alpha value is -2.41. The van der Waals surface area contributed by atoms with E-state index in [0.717, 1.165) is 12.1 Å². The van der Waals surface area contributed by atoms with Crippen molar-refractivity contribution in [1.82, 2.24) is 0 Å². The van der Waals surface area contributed by atoms with Crippen LogP contribution in [0.3, 0.4) is 0 Å². The fourth-order valence-corrected chi connectivity index (χ4v) is 4.43. The van der Waals surface area contributed by atoms with Crippen molar-refractivity contribution in [1.29, 1.82) is 0 Å². The Morgan fingerprint density at radius 1 is 1.00 bits per heavy atom. The molecular weight excluding hydrogens is 328 g/mol. The summed E-state index contributed by atoms with van der Waals surface area (Å²) in [5, 5.41) is 3.22. The summed E-state index contributed by atoms with van der Waals surface area (Å²) in [7, 11) is -3.66. The Bertz CT molecular complexity index is 867. The Morgan fingerprint density at radius 2 is 1.79 bits per heavy atom. The fraction of sp³-hybridized carbons (Fsp3) is 0.294. The van der Waals surface area contributed by atoms with Gasteiger partial charge in [-0.2, -0.15) is 0 Å². The summed E-state index contributed by atoms with van der Waals surface area (Å²) in [6.07, 6.45) is 0.780. The van der Waals surface area contributed by atoms with Gasteiger partial charge in [0.1, 0.15) is 0 Å². The molecule has 0 amide bonds. The number of para-hydroxylation sites is 2. The van der Waals surface area contributed by atoms with Gasteiger partial charge in [-0.05, 0) is 24.3 Å². The summed E-state index contributed by atoms with van der Waals surface area (Å²) >= 11 is 0. The van der Waals surface area contributed by atoms with E-state index in [9.17, 15) is 8.42 Å². The number of ether oxygens (including phenoxy) is 2. The lowest BCUT2D eigenvalue weighted by Gasteiger charge is -2.31. The second kappa shape index (κ2) is 5.90. The topological polar surface area (TPSA) is 67.9 Å². The number of nitrogens with zero attached hydrogens (tertiary/aromatic N) is 1. The van der Waals surface area contributed by atoms with Crippen LogP contribution in [-0.2, 0) is 10.0 Å². The molecular formula is C17H18N2O4S. The molecule has 6 nitrogen and oxygen atoms in total. The maximum absolute atomic E-state index is 13.1. The Balaban J connectivity index is 1.75. The highest BCUT2D eigenvalue weighted by Crippen LogP contribution is 2.36. The number of rotatable bonds is 2. The number of hydrogen-bond acceptors (Lipinski definition) is 5. The SMILES string of the molecule is O=S(=O)(c1ccc2c(c1)OCCCO2)N1CCNc2ccccc21. The molecule has 0 spiro atoms. The van der Waals surface area contributed by atoms with Crippen molar-refractivity contribution in [2.45, 2.75) is 11.3 Å². The van der Waals surface area contributed by atoms with Gasteiger partial charge in [-0.3, -0.25) is 4.31 Å². The maximum Gasteiger partial charge on any atom is 0.264 e. The molecule has 0 bridgehead atoms. The summed E-state index contributed by atoms with van der Waals surface area (Å²) in [4.78, 5) is 0.212. The summed E-state index contributed by atoms with van der Waals surface area (Å²) in [6.45, 7) is 2.05. The summed E-state index contributed by atoms with van der Waals surface area (Å²) in [5.41, 5.74) is 1.48. The molecule has 0 saturated carbocycles. The van der Waals surface area contributed by atoms with Crippen molar-refractivity contribution in [2.75, 3.05) is 35.9 Å². The number of hydrogen-bond donors (Lipinski definition) is 1. The third kappa shape index (κ3) is 2.54. The minimum absolute atomic E-state index is 0.212. The van der Waals surface area contributed by atoms with Crippen molar-refractivity contribution < 1.29 is 17.9 Å². The molecule has 2 aliphatic rings. The molecule has 2 aliphatic heterocycles. The van der Waals surface area contributed by atoms with Crippen LogP contribution in [0.5, 0.6) is 11.5 Å². The van der Waals surface area contributed by atoms with E-state index in [4.69, 9.17) is 9.47 Å². The first-order valence-corrected chi connectivity index (χ1v) is 9.35. The minimum atomic E-state index is -3.66. The lowest BCUT2D eigenvalue weighted by molar-refractivity contribution is 0.297. The molecule has 1 N–H and O–H groups in total. The minimum Gasteiger partial charge on any atom is -0.490 e. The second-order valence-corrected chi connectivity index (χ2v) is 7.54. The fourth-order valence-electron chi connectivity index (χ4n) is 2.93. The molecule has 7 heteroatoms. The number of sulfonamides is 1. The number of benzene rings is 2. The predicted octanol–water partition coefficient (Wildman–Crippen LogP) is 2.47. The van der Waals surface area contributed by atoms with Crippen LogP contribution in [0.25, 0.3) is 0 Å². The highest BCUT2D eigenvalue weighted by atomic mass is 32.2. The molecule has 4 rings (SSSR count). The number of anilines is 2. The first-order chi connectivity index (χ1) is 11.7. The van der Waals surface area contributed by atoms with Crippen molar-refractivity contribution in [3.63, 3.8) is 0 Å². The highest BCUT2D eigenvalue weighted by molar-refractivity contribution is 7.92. The van der Waals surface area contributed by atoms with Gasteiger partial charge in [0.15, 0.2) is 11.5 Å². The smallest absolute Gasteiger partial charge is 0.264 e. The number of fused-ring (bicyclic) bond motifs is 2. The Labute approximate surface area is 141 Å². The lowest BCUT2D eigenvalue weighted by atomic mass is 10.2. The highest BCUT2D eigenvalue weighted by Gasteiger charge is 2.30. The zero-order valence-corrected chi connectivity index (χ0v) is 13.9. The van der Waals surface area contributed by atoms with E-state index in [2.05, 4.69) is 5.32 Å². The van der Waals surface area contributed by atoms with Crippen molar-refractivity contribution in [3.8, 4) is 11.5 Å². The van der Waals surface area contributed by atoms with Gasteiger partial charge in [-0.1, -0.05) is 12.1 Å². The van der Waals surface area contributed by atoms with Gasteiger partial charge in [-0.15, -0.1) is 0 Å². The standard InChI is InChI=1S/C17H18N2O4S/c20-24(21,19-9-8-18-14-4-1-2-5-15(14)19)13-6-7-16-17(12-13)23-11-3-10-22-16/h1-2,4-7,12,18H,3,8-11H2. The molecule has 0 atom stereocenters. The van der Waals surface area contributed by atoms with Crippen LogP contribution in [0.15, 0.2) is 47.4 Å². The van der Waals surface area contributed by atoms with E-state index < -0.39 is 10.0 Å². The van der Waals surface area contributed by atoms with Gasteiger partial charge in [0, 0.05) is 19.0 Å². The molecule has 2 aromatic rings. The first-order valence-electron chi connectivity index (χ1n) is 7.91. The average molecular weight is 346 g/mol. The van der Waals surface area contributed by atoms with Gasteiger partial charge in [-0.25, -0.2) is 8.42 Å². The summed E-state index contributed by atoms with van der Waals surface area (Å²) in [6, 6.07) is 12.2. The zero-order valence-electron chi connectivity index (χ0n) is 13.1. The molecule has 0 aromatic heterocycles. The van der Waals surface area contributed by atoms with Gasteiger partial charge in [0.2, 0.25) is 0 Å². The molecule has 24 heavy (non-hydrogen) atoms. The van der Waals surface area contributed by atoms with Crippen LogP contribution in [0, 0.1) is 0 Å². The monoisotopic (exact) mass is 346 g/mol. The van der Waals surface area contributed by atoms with E-state index in [1.54, 1.807) is 18.2 Å². The summed E-state index contributed by atoms with van der Waals surface area (Å²) < 4.78 is 38.9.